The lowest BCUT2D eigenvalue weighted by molar-refractivity contribution is 0.0965. The van der Waals surface area contributed by atoms with Crippen molar-refractivity contribution in [2.24, 2.45) is 0 Å². The Morgan fingerprint density at radius 3 is 2.68 bits per heavy atom. The predicted molar refractivity (Wildman–Crippen MR) is 104 cm³/mol. The fraction of sp³-hybridized carbons (Fsp3) is 0.476. The van der Waals surface area contributed by atoms with Crippen molar-refractivity contribution >= 4 is 11.7 Å². The molecule has 2 fully saturated rings. The second kappa shape index (κ2) is 6.96. The number of nitrogens with one attached hydrogen (secondary N) is 1. The Morgan fingerprint density at radius 1 is 1.18 bits per heavy atom. The molecule has 0 atom stereocenters. The Labute approximate surface area is 164 Å². The summed E-state index contributed by atoms with van der Waals surface area (Å²) in [7, 11) is 1.60. The lowest BCUT2D eigenvalue weighted by Gasteiger charge is -2.34. The molecule has 1 aliphatic carbocycles. The third kappa shape index (κ3) is 3.25. The van der Waals surface area contributed by atoms with Gasteiger partial charge >= 0.3 is 0 Å². The van der Waals surface area contributed by atoms with Gasteiger partial charge < -0.3 is 19.7 Å². The molecule has 5 rings (SSSR count). The number of fused-ring (bicyclic) bond motifs is 1. The highest BCUT2D eigenvalue weighted by molar-refractivity contribution is 5.98. The van der Waals surface area contributed by atoms with Crippen molar-refractivity contribution in [2.45, 2.75) is 44.2 Å². The molecule has 0 radical (unpaired) electrons. The van der Waals surface area contributed by atoms with E-state index in [4.69, 9.17) is 14.5 Å². The second-order valence-electron chi connectivity index (χ2n) is 7.69. The molecule has 2 aromatic heterocycles. The van der Waals surface area contributed by atoms with Crippen LogP contribution in [0.4, 0.5) is 5.82 Å². The number of carbonyl (C=O) groups is 1. The van der Waals surface area contributed by atoms with Crippen molar-refractivity contribution in [3.8, 4) is 11.6 Å². The van der Waals surface area contributed by atoms with Gasteiger partial charge in [-0.2, -0.15) is 0 Å². The van der Waals surface area contributed by atoms with Gasteiger partial charge in [0, 0.05) is 32.0 Å². The summed E-state index contributed by atoms with van der Waals surface area (Å²) in [5.74, 6) is 3.00. The zero-order valence-corrected chi connectivity index (χ0v) is 16.0. The first kappa shape index (κ1) is 17.3. The highest BCUT2D eigenvalue weighted by Gasteiger charge is 2.33. The zero-order valence-electron chi connectivity index (χ0n) is 16.0. The minimum absolute atomic E-state index is 0.0103. The molecular weight excluding hydrogens is 356 g/mol. The molecule has 7 nitrogen and oxygen atoms in total. The van der Waals surface area contributed by atoms with Crippen molar-refractivity contribution in [2.75, 3.05) is 25.1 Å². The van der Waals surface area contributed by atoms with Crippen LogP contribution in [0.3, 0.4) is 0 Å². The van der Waals surface area contributed by atoms with E-state index in [2.05, 4.69) is 21.3 Å². The van der Waals surface area contributed by atoms with E-state index < -0.39 is 0 Å². The third-order valence-electron chi connectivity index (χ3n) is 5.75. The fourth-order valence-corrected chi connectivity index (χ4v) is 4.03. The molecule has 1 amide bonds. The molecule has 0 unspecified atom stereocenters. The smallest absolute Gasteiger partial charge is 0.253 e. The van der Waals surface area contributed by atoms with Crippen molar-refractivity contribution in [1.82, 2.24) is 15.3 Å². The zero-order chi connectivity index (χ0) is 19.1. The standard InChI is InChI=1S/C21H24N4O3/c1-27-19-5-4-15(11-22-19)28-14-6-8-25(9-7-14)20-16(13-2-3-13)10-17-18(24-20)12-23-21(17)26/h4-5,10-11,13-14H,2-3,6-9,12H2,1H3,(H,23,26). The number of anilines is 1. The van der Waals surface area contributed by atoms with Gasteiger partial charge in [-0.15, -0.1) is 0 Å². The minimum atomic E-state index is 0.0103. The monoisotopic (exact) mass is 380 g/mol. The molecule has 0 spiro atoms. The van der Waals surface area contributed by atoms with Gasteiger partial charge in [-0.1, -0.05) is 0 Å². The Hall–Kier alpha value is -2.83. The maximum Gasteiger partial charge on any atom is 0.253 e. The summed E-state index contributed by atoms with van der Waals surface area (Å²) >= 11 is 0. The molecule has 28 heavy (non-hydrogen) atoms. The summed E-state index contributed by atoms with van der Waals surface area (Å²) in [6.45, 7) is 2.35. The average molecular weight is 380 g/mol. The molecular formula is C21H24N4O3. The molecule has 1 saturated carbocycles. The second-order valence-corrected chi connectivity index (χ2v) is 7.69. The Bertz CT molecular complexity index is 887. The van der Waals surface area contributed by atoms with Crippen molar-refractivity contribution in [3.05, 3.63) is 41.2 Å². The molecule has 7 heteroatoms. The predicted octanol–water partition coefficient (Wildman–Crippen LogP) is 2.65. The maximum absolute atomic E-state index is 12.0. The number of hydrogen-bond acceptors (Lipinski definition) is 6. The summed E-state index contributed by atoms with van der Waals surface area (Å²) < 4.78 is 11.2. The van der Waals surface area contributed by atoms with E-state index in [0.29, 0.717) is 18.3 Å². The summed E-state index contributed by atoms with van der Waals surface area (Å²) in [4.78, 5) is 23.5. The number of amides is 1. The first-order valence-electron chi connectivity index (χ1n) is 9.95. The van der Waals surface area contributed by atoms with E-state index in [1.54, 1.807) is 13.3 Å². The van der Waals surface area contributed by atoms with E-state index in [1.807, 2.05) is 12.1 Å². The van der Waals surface area contributed by atoms with Gasteiger partial charge in [0.05, 0.1) is 31.1 Å². The van der Waals surface area contributed by atoms with Crippen LogP contribution in [0, 0.1) is 0 Å². The normalized spacial score (nSPS) is 19.3. The van der Waals surface area contributed by atoms with E-state index in [1.165, 1.54) is 18.4 Å². The summed E-state index contributed by atoms with van der Waals surface area (Å²) in [6.07, 6.45) is 6.15. The quantitative estimate of drug-likeness (QED) is 0.859. The summed E-state index contributed by atoms with van der Waals surface area (Å²) in [6, 6.07) is 5.80. The number of piperidine rings is 1. The summed E-state index contributed by atoms with van der Waals surface area (Å²) in [5.41, 5.74) is 2.89. The SMILES string of the molecule is COc1ccc(OC2CCN(c3nc4c(cc3C3CC3)C(=O)NC4)CC2)cn1. The first-order valence-corrected chi connectivity index (χ1v) is 9.95. The van der Waals surface area contributed by atoms with E-state index in [9.17, 15) is 4.79 Å². The van der Waals surface area contributed by atoms with Crippen LogP contribution in [0.1, 0.15) is 53.2 Å². The Kier molecular flexibility index (Phi) is 4.30. The van der Waals surface area contributed by atoms with Crippen molar-refractivity contribution < 1.29 is 14.3 Å². The molecule has 1 saturated heterocycles. The van der Waals surface area contributed by atoms with Gasteiger partial charge in [-0.25, -0.2) is 9.97 Å². The van der Waals surface area contributed by atoms with Crippen LogP contribution in [0.2, 0.25) is 0 Å². The topological polar surface area (TPSA) is 76.6 Å². The highest BCUT2D eigenvalue weighted by Crippen LogP contribution is 2.45. The van der Waals surface area contributed by atoms with Crippen LogP contribution in [-0.2, 0) is 6.54 Å². The first-order chi connectivity index (χ1) is 13.7. The number of ether oxygens (including phenoxy) is 2. The summed E-state index contributed by atoms with van der Waals surface area (Å²) in [5, 5.41) is 2.89. The van der Waals surface area contributed by atoms with Gasteiger partial charge in [-0.05, 0) is 36.5 Å². The van der Waals surface area contributed by atoms with Crippen LogP contribution in [0.15, 0.2) is 24.4 Å². The van der Waals surface area contributed by atoms with Gasteiger partial charge in [0.1, 0.15) is 17.7 Å². The van der Waals surface area contributed by atoms with E-state index >= 15 is 0 Å². The third-order valence-corrected chi connectivity index (χ3v) is 5.75. The number of carbonyl (C=O) groups excluding carboxylic acids is 1. The van der Waals surface area contributed by atoms with Crippen LogP contribution in [0.5, 0.6) is 11.6 Å². The van der Waals surface area contributed by atoms with Gasteiger partial charge in [-0.3, -0.25) is 4.79 Å². The molecule has 146 valence electrons. The molecule has 0 bridgehead atoms. The van der Waals surface area contributed by atoms with Crippen molar-refractivity contribution in [1.29, 1.82) is 0 Å². The Balaban J connectivity index is 1.28. The average Bonchev–Trinajstić information content (AvgIpc) is 3.52. The Morgan fingerprint density at radius 2 is 2.00 bits per heavy atom. The van der Waals surface area contributed by atoms with Crippen LogP contribution in [-0.4, -0.2) is 42.2 Å². The number of pyridine rings is 2. The van der Waals surface area contributed by atoms with Crippen LogP contribution >= 0.6 is 0 Å². The molecule has 2 aliphatic heterocycles. The van der Waals surface area contributed by atoms with Gasteiger partial charge in [0.25, 0.3) is 5.91 Å². The number of nitrogens with zero attached hydrogens (tertiary/aromatic N) is 3. The minimum Gasteiger partial charge on any atom is -0.489 e. The molecule has 0 aromatic carbocycles. The van der Waals surface area contributed by atoms with Gasteiger partial charge in [0.2, 0.25) is 5.88 Å². The van der Waals surface area contributed by atoms with E-state index in [0.717, 1.165) is 48.8 Å². The lowest BCUT2D eigenvalue weighted by atomic mass is 10.0. The molecule has 4 heterocycles. The number of rotatable bonds is 5. The number of aromatic nitrogens is 2. The molecule has 1 N–H and O–H groups in total. The number of hydrogen-bond donors (Lipinski definition) is 1. The van der Waals surface area contributed by atoms with E-state index in [-0.39, 0.29) is 12.0 Å². The van der Waals surface area contributed by atoms with Gasteiger partial charge in [0.15, 0.2) is 0 Å². The molecule has 2 aromatic rings. The number of methoxy groups -OCH3 is 1. The van der Waals surface area contributed by atoms with Crippen molar-refractivity contribution in [3.63, 3.8) is 0 Å². The maximum atomic E-state index is 12.0. The lowest BCUT2D eigenvalue weighted by Crippen LogP contribution is -2.39. The largest absolute Gasteiger partial charge is 0.489 e. The fourth-order valence-electron chi connectivity index (χ4n) is 4.03. The van der Waals surface area contributed by atoms with Crippen LogP contribution in [0.25, 0.3) is 0 Å². The highest BCUT2D eigenvalue weighted by atomic mass is 16.5. The van der Waals surface area contributed by atoms with Crippen LogP contribution < -0.4 is 19.7 Å². The molecule has 3 aliphatic rings.